The fraction of sp³-hybridized carbons (Fsp3) is 0.355. The molecule has 0 bridgehead atoms. The number of amides is 3. The molecule has 4 unspecified atom stereocenters. The van der Waals surface area contributed by atoms with Gasteiger partial charge in [-0.2, -0.15) is 0 Å². The minimum Gasteiger partial charge on any atom is -0.481 e. The fourth-order valence-electron chi connectivity index (χ4n) is 4.79. The van der Waals surface area contributed by atoms with Crippen molar-refractivity contribution < 1.29 is 34.2 Å². The number of nitrogens with one attached hydrogen (secondary N) is 4. The average Bonchev–Trinajstić information content (AvgIpc) is 3.43. The van der Waals surface area contributed by atoms with Crippen LogP contribution in [0.3, 0.4) is 0 Å². The zero-order valence-electron chi connectivity index (χ0n) is 25.1. The average molecular weight is 637 g/mol. The number of rotatable bonds is 18. The van der Waals surface area contributed by atoms with Crippen LogP contribution in [0.15, 0.2) is 65.8 Å². The van der Waals surface area contributed by atoms with Gasteiger partial charge in [0.15, 0.2) is 5.96 Å². The summed E-state index contributed by atoms with van der Waals surface area (Å²) in [5.74, 6) is -4.92. The predicted octanol–water partition coefficient (Wildman–Crippen LogP) is -0.262. The number of aromatic amines is 1. The highest BCUT2D eigenvalue weighted by molar-refractivity contribution is 5.94. The lowest BCUT2D eigenvalue weighted by molar-refractivity contribution is -0.143. The van der Waals surface area contributed by atoms with E-state index in [-0.39, 0.29) is 38.2 Å². The third kappa shape index (κ3) is 10.9. The Labute approximate surface area is 265 Å². The summed E-state index contributed by atoms with van der Waals surface area (Å²) in [5.41, 5.74) is 18.8. The number of guanidine groups is 1. The van der Waals surface area contributed by atoms with E-state index in [4.69, 9.17) is 17.2 Å². The lowest BCUT2D eigenvalue weighted by Crippen LogP contribution is -2.57. The summed E-state index contributed by atoms with van der Waals surface area (Å²) in [7, 11) is 0. The molecule has 1 aromatic heterocycles. The maximum absolute atomic E-state index is 13.6. The van der Waals surface area contributed by atoms with Gasteiger partial charge >= 0.3 is 11.9 Å². The molecule has 0 aliphatic rings. The van der Waals surface area contributed by atoms with E-state index >= 15 is 0 Å². The smallest absolute Gasteiger partial charge is 0.326 e. The second-order valence-electron chi connectivity index (χ2n) is 10.8. The number of aliphatic carboxylic acids is 2. The number of carbonyl (C=O) groups excluding carboxylic acids is 3. The van der Waals surface area contributed by atoms with Crippen molar-refractivity contribution in [1.29, 1.82) is 0 Å². The van der Waals surface area contributed by atoms with Gasteiger partial charge in [-0.05, 0) is 36.5 Å². The Morgan fingerprint density at radius 2 is 1.41 bits per heavy atom. The summed E-state index contributed by atoms with van der Waals surface area (Å²) >= 11 is 0. The maximum Gasteiger partial charge on any atom is 0.326 e. The fourth-order valence-corrected chi connectivity index (χ4v) is 4.79. The van der Waals surface area contributed by atoms with Crippen molar-refractivity contribution in [2.24, 2.45) is 22.2 Å². The van der Waals surface area contributed by atoms with E-state index in [0.29, 0.717) is 17.5 Å². The Kier molecular flexibility index (Phi) is 13.1. The Hall–Kier alpha value is -5.44. The molecule has 46 heavy (non-hydrogen) atoms. The summed E-state index contributed by atoms with van der Waals surface area (Å²) in [6, 6.07) is 11.1. The van der Waals surface area contributed by atoms with E-state index in [1.54, 1.807) is 42.6 Å². The first-order valence-corrected chi connectivity index (χ1v) is 14.7. The number of carbonyl (C=O) groups is 5. The molecule has 0 saturated carbocycles. The maximum atomic E-state index is 13.6. The van der Waals surface area contributed by atoms with E-state index in [0.717, 1.165) is 10.9 Å². The summed E-state index contributed by atoms with van der Waals surface area (Å²) in [6.07, 6.45) is 1.42. The molecule has 2 aromatic carbocycles. The number of fused-ring (bicyclic) bond motifs is 1. The van der Waals surface area contributed by atoms with E-state index in [9.17, 15) is 34.2 Å². The van der Waals surface area contributed by atoms with Gasteiger partial charge in [0.2, 0.25) is 17.7 Å². The molecule has 1 heterocycles. The number of para-hydroxylation sites is 1. The minimum atomic E-state index is -1.42. The van der Waals surface area contributed by atoms with E-state index in [1.807, 2.05) is 18.2 Å². The lowest BCUT2D eigenvalue weighted by Gasteiger charge is -2.25. The van der Waals surface area contributed by atoms with E-state index < -0.39 is 60.2 Å². The highest BCUT2D eigenvalue weighted by Gasteiger charge is 2.31. The third-order valence-electron chi connectivity index (χ3n) is 7.21. The molecule has 0 saturated heterocycles. The molecule has 15 nitrogen and oxygen atoms in total. The first kappa shape index (κ1) is 35.0. The summed E-state index contributed by atoms with van der Waals surface area (Å²) < 4.78 is 0. The molecule has 0 fully saturated rings. The topological polar surface area (TPSA) is 268 Å². The second kappa shape index (κ2) is 17.2. The van der Waals surface area contributed by atoms with E-state index in [1.165, 1.54) is 0 Å². The largest absolute Gasteiger partial charge is 0.481 e. The van der Waals surface area contributed by atoms with Crippen molar-refractivity contribution in [2.75, 3.05) is 6.54 Å². The Bertz CT molecular complexity index is 1540. The molecule has 12 N–H and O–H groups in total. The van der Waals surface area contributed by atoms with Gasteiger partial charge in [0.05, 0.1) is 6.04 Å². The van der Waals surface area contributed by atoms with Gasteiger partial charge in [0.25, 0.3) is 0 Å². The van der Waals surface area contributed by atoms with Crippen LogP contribution in [0.5, 0.6) is 0 Å². The van der Waals surface area contributed by atoms with Crippen LogP contribution >= 0.6 is 0 Å². The lowest BCUT2D eigenvalue weighted by atomic mass is 10.0. The van der Waals surface area contributed by atoms with Gasteiger partial charge in [-0.1, -0.05) is 48.5 Å². The molecule has 3 aromatic rings. The monoisotopic (exact) mass is 636 g/mol. The van der Waals surface area contributed by atoms with E-state index in [2.05, 4.69) is 25.9 Å². The molecular weight excluding hydrogens is 596 g/mol. The SMILES string of the molecule is NC(N)=NCCCC(N)C(=O)NC(Cc1ccccc1)C(=O)NC(CCC(=O)O)C(=O)NC(Cc1c[nH]c2ccccc12)C(=O)O. The molecule has 0 aliphatic carbocycles. The molecule has 3 amide bonds. The zero-order chi connectivity index (χ0) is 33.6. The minimum absolute atomic E-state index is 0.0325. The second-order valence-corrected chi connectivity index (χ2v) is 10.8. The molecule has 4 atom stereocenters. The Balaban J connectivity index is 1.76. The molecule has 0 aliphatic heterocycles. The van der Waals surface area contributed by atoms with Gasteiger partial charge in [-0.3, -0.25) is 24.2 Å². The van der Waals surface area contributed by atoms with Gasteiger partial charge in [0, 0.05) is 42.9 Å². The zero-order valence-corrected chi connectivity index (χ0v) is 25.1. The van der Waals surface area contributed by atoms with Gasteiger partial charge in [-0.15, -0.1) is 0 Å². The number of aliphatic imine (C=N–C) groups is 1. The summed E-state index contributed by atoms with van der Waals surface area (Å²) in [4.78, 5) is 70.3. The van der Waals surface area contributed by atoms with Crippen LogP contribution in [0.1, 0.15) is 36.8 Å². The van der Waals surface area contributed by atoms with Crippen LogP contribution in [0.2, 0.25) is 0 Å². The predicted molar refractivity (Wildman–Crippen MR) is 170 cm³/mol. The Morgan fingerprint density at radius 3 is 2.09 bits per heavy atom. The standard InChI is InChI=1S/C31H40N8O7/c32-21(10-6-14-35-31(33)34)27(42)38-24(15-18-7-2-1-3-8-18)29(44)37-23(12-13-26(40)41)28(43)39-25(30(45)46)16-19-17-36-22-11-5-4-9-20(19)22/h1-5,7-9,11,17,21,23-25,36H,6,10,12-16,32H2,(H,37,44)(H,38,42)(H,39,43)(H,40,41)(H,45,46)(H4,33,34,35). The Morgan fingerprint density at radius 1 is 0.783 bits per heavy atom. The molecule has 246 valence electrons. The third-order valence-corrected chi connectivity index (χ3v) is 7.21. The molecule has 0 spiro atoms. The van der Waals surface area contributed by atoms with Gasteiger partial charge in [0.1, 0.15) is 18.1 Å². The van der Waals surface area contributed by atoms with Crippen LogP contribution in [0.25, 0.3) is 10.9 Å². The summed E-state index contributed by atoms with van der Waals surface area (Å²) in [6.45, 7) is 0.259. The number of carboxylic acids is 2. The van der Waals surface area contributed by atoms with Gasteiger partial charge in [-0.25, -0.2) is 4.79 Å². The highest BCUT2D eigenvalue weighted by atomic mass is 16.4. The number of nitrogens with two attached hydrogens (primary N) is 3. The van der Waals surface area contributed by atoms with Crippen molar-refractivity contribution in [3.05, 3.63) is 71.9 Å². The first-order chi connectivity index (χ1) is 21.9. The molecular formula is C31H40N8O7. The molecule has 3 rings (SSSR count). The van der Waals surface area contributed by atoms with Crippen LogP contribution in [0.4, 0.5) is 0 Å². The first-order valence-electron chi connectivity index (χ1n) is 14.7. The number of carboxylic acid groups (broad SMARTS) is 2. The number of hydrogen-bond acceptors (Lipinski definition) is 7. The number of nitrogens with zero attached hydrogens (tertiary/aromatic N) is 1. The normalized spacial score (nSPS) is 13.5. The number of H-pyrrole nitrogens is 1. The highest BCUT2D eigenvalue weighted by Crippen LogP contribution is 2.19. The molecule has 15 heteroatoms. The van der Waals surface area contributed by atoms with Crippen LogP contribution < -0.4 is 33.2 Å². The summed E-state index contributed by atoms with van der Waals surface area (Å²) in [5, 5.41) is 27.6. The van der Waals surface area contributed by atoms with Crippen molar-refractivity contribution in [1.82, 2.24) is 20.9 Å². The van der Waals surface area contributed by atoms with Crippen LogP contribution in [-0.4, -0.2) is 81.5 Å². The molecule has 0 radical (unpaired) electrons. The van der Waals surface area contributed by atoms with Crippen LogP contribution in [0, 0.1) is 0 Å². The number of hydrogen-bond donors (Lipinski definition) is 9. The van der Waals surface area contributed by atoms with Gasteiger partial charge < -0.3 is 48.3 Å². The van der Waals surface area contributed by atoms with Crippen LogP contribution in [-0.2, 0) is 36.8 Å². The quantitative estimate of drug-likeness (QED) is 0.0501. The van der Waals surface area contributed by atoms with Crippen molar-refractivity contribution in [3.63, 3.8) is 0 Å². The van der Waals surface area contributed by atoms with Crippen molar-refractivity contribution in [2.45, 2.75) is 62.7 Å². The number of aromatic nitrogens is 1. The van der Waals surface area contributed by atoms with Crippen molar-refractivity contribution >= 4 is 46.5 Å². The number of benzene rings is 2. The van der Waals surface area contributed by atoms with Crippen molar-refractivity contribution in [3.8, 4) is 0 Å².